The smallest absolute Gasteiger partial charge is 0.335 e. The molecule has 4 rings (SSSR count). The maximum Gasteiger partial charge on any atom is 0.335 e. The van der Waals surface area contributed by atoms with Crippen molar-refractivity contribution in [2.24, 2.45) is 5.41 Å². The third-order valence-corrected chi connectivity index (χ3v) is 5.72. The van der Waals surface area contributed by atoms with Crippen molar-refractivity contribution >= 4 is 17.4 Å². The molecule has 0 bridgehead atoms. The number of carboxylic acids is 1. The highest BCUT2D eigenvalue weighted by Gasteiger charge is 2.45. The number of Topliss-reactive ketones (excluding diaryl/α,β-unsaturated/α-hetero) is 1. The van der Waals surface area contributed by atoms with Crippen LogP contribution in [0.15, 0.2) is 23.8 Å². The molecule has 1 heterocycles. The average Bonchev–Trinajstić information content (AvgIpc) is 3.33. The highest BCUT2D eigenvalue weighted by Crippen LogP contribution is 2.54. The molecule has 0 radical (unpaired) electrons. The minimum atomic E-state index is -0.966. The van der Waals surface area contributed by atoms with Crippen molar-refractivity contribution in [1.82, 2.24) is 4.90 Å². The summed E-state index contributed by atoms with van der Waals surface area (Å²) in [5.41, 5.74) is 3.60. The average molecular weight is 321 g/mol. The molecular weight excluding hydrogens is 302 g/mol. The second-order valence-electron chi connectivity index (χ2n) is 7.13. The zero-order valence-corrected chi connectivity index (χ0v) is 13.5. The van der Waals surface area contributed by atoms with Crippen LogP contribution in [-0.2, 0) is 11.2 Å². The zero-order valence-electron chi connectivity index (χ0n) is 13.5. The van der Waals surface area contributed by atoms with Crippen molar-refractivity contribution in [2.45, 2.75) is 32.1 Å². The predicted octanol–water partition coefficient (Wildman–Crippen LogP) is 2.73. The molecule has 0 unspecified atom stereocenters. The van der Waals surface area contributed by atoms with E-state index in [1.54, 1.807) is 18.2 Å². The van der Waals surface area contributed by atoms with E-state index >= 15 is 0 Å². The quantitative estimate of drug-likeness (QED) is 0.851. The number of hydrogen-bond acceptors (Lipinski definition) is 3. The Balaban J connectivity index is 1.79. The highest BCUT2D eigenvalue weighted by atomic mass is 16.4. The van der Waals surface area contributed by atoms with E-state index in [0.717, 1.165) is 42.8 Å². The number of carbonyl (C=O) groups is 2. The summed E-state index contributed by atoms with van der Waals surface area (Å²) in [6.07, 6.45) is 10.7. The van der Waals surface area contributed by atoms with E-state index < -0.39 is 5.97 Å². The van der Waals surface area contributed by atoms with Gasteiger partial charge in [0.15, 0.2) is 5.78 Å². The van der Waals surface area contributed by atoms with E-state index in [1.807, 2.05) is 0 Å². The molecule has 24 heavy (non-hydrogen) atoms. The van der Waals surface area contributed by atoms with Gasteiger partial charge in [0.05, 0.1) is 16.8 Å². The first-order valence-electron chi connectivity index (χ1n) is 8.39. The number of carboxylic acid groups (broad SMARTS) is 1. The van der Waals surface area contributed by atoms with Gasteiger partial charge >= 0.3 is 5.97 Å². The van der Waals surface area contributed by atoms with Crippen LogP contribution in [0.4, 0.5) is 0 Å². The predicted molar refractivity (Wildman–Crippen MR) is 90.3 cm³/mol. The number of benzene rings is 1. The van der Waals surface area contributed by atoms with E-state index in [4.69, 9.17) is 6.42 Å². The molecule has 1 aromatic rings. The van der Waals surface area contributed by atoms with Gasteiger partial charge in [-0.15, -0.1) is 6.42 Å². The topological polar surface area (TPSA) is 57.6 Å². The molecule has 1 aromatic carbocycles. The fraction of sp³-hybridized carbons (Fsp3) is 0.400. The van der Waals surface area contributed by atoms with Crippen molar-refractivity contribution in [3.63, 3.8) is 0 Å². The Hall–Kier alpha value is -2.54. The Labute approximate surface area is 141 Å². The fourth-order valence-corrected chi connectivity index (χ4v) is 3.97. The number of aromatic carboxylic acids is 1. The number of allylic oxidation sites excluding steroid dienone is 1. The second-order valence-corrected chi connectivity index (χ2v) is 7.13. The van der Waals surface area contributed by atoms with Crippen LogP contribution in [-0.4, -0.2) is 34.8 Å². The number of piperidine rings is 1. The first-order valence-corrected chi connectivity index (χ1v) is 8.39. The van der Waals surface area contributed by atoms with Crippen LogP contribution < -0.4 is 0 Å². The minimum Gasteiger partial charge on any atom is -0.478 e. The third kappa shape index (κ3) is 2.32. The lowest BCUT2D eigenvalue weighted by Crippen LogP contribution is -2.36. The van der Waals surface area contributed by atoms with Crippen molar-refractivity contribution in [3.8, 4) is 12.3 Å². The van der Waals surface area contributed by atoms with Crippen molar-refractivity contribution < 1.29 is 14.7 Å². The Bertz CT molecular complexity index is 814. The molecule has 0 atom stereocenters. The number of likely N-dealkylation sites (tertiary alicyclic amines) is 1. The van der Waals surface area contributed by atoms with Gasteiger partial charge in [-0.3, -0.25) is 4.79 Å². The van der Waals surface area contributed by atoms with Gasteiger partial charge in [-0.25, -0.2) is 4.79 Å². The van der Waals surface area contributed by atoms with Crippen LogP contribution in [0.1, 0.15) is 47.2 Å². The summed E-state index contributed by atoms with van der Waals surface area (Å²) in [5, 5.41) is 9.30. The van der Waals surface area contributed by atoms with Crippen LogP contribution in [0, 0.1) is 17.8 Å². The number of hydrogen-bond donors (Lipinski definition) is 1. The lowest BCUT2D eigenvalue weighted by atomic mass is 9.85. The van der Waals surface area contributed by atoms with Gasteiger partial charge in [-0.2, -0.15) is 0 Å². The molecule has 1 saturated carbocycles. The van der Waals surface area contributed by atoms with E-state index in [9.17, 15) is 14.7 Å². The molecule has 2 fully saturated rings. The van der Waals surface area contributed by atoms with Crippen LogP contribution in [0.2, 0.25) is 0 Å². The Morgan fingerprint density at radius 2 is 1.92 bits per heavy atom. The van der Waals surface area contributed by atoms with E-state index in [0.29, 0.717) is 11.0 Å². The van der Waals surface area contributed by atoms with Gasteiger partial charge < -0.3 is 10.0 Å². The number of fused-ring (bicyclic) bond motifs is 1. The van der Waals surface area contributed by atoms with Crippen LogP contribution >= 0.6 is 0 Å². The minimum absolute atomic E-state index is 0.0465. The molecular formula is C20H19NO3. The lowest BCUT2D eigenvalue weighted by Gasteiger charge is -2.38. The van der Waals surface area contributed by atoms with Crippen molar-refractivity contribution in [1.29, 1.82) is 0 Å². The molecule has 4 heteroatoms. The van der Waals surface area contributed by atoms with Gasteiger partial charge in [-0.05, 0) is 48.8 Å². The summed E-state index contributed by atoms with van der Waals surface area (Å²) in [7, 11) is 0. The number of ketones is 1. The number of nitrogens with zero attached hydrogens (tertiary/aromatic N) is 1. The van der Waals surface area contributed by atoms with Gasteiger partial charge in [-0.1, -0.05) is 12.0 Å². The Morgan fingerprint density at radius 3 is 2.50 bits per heavy atom. The van der Waals surface area contributed by atoms with E-state index in [1.165, 1.54) is 12.8 Å². The van der Waals surface area contributed by atoms with E-state index in [-0.39, 0.29) is 17.8 Å². The summed E-state index contributed by atoms with van der Waals surface area (Å²) in [5.74, 6) is 1.56. The molecule has 0 amide bonds. The molecule has 122 valence electrons. The molecule has 1 saturated heterocycles. The lowest BCUT2D eigenvalue weighted by molar-refractivity contribution is -0.114. The Kier molecular flexibility index (Phi) is 3.28. The normalized spacial score (nSPS) is 21.5. The summed E-state index contributed by atoms with van der Waals surface area (Å²) < 4.78 is 0. The maximum absolute atomic E-state index is 12.5. The monoisotopic (exact) mass is 321 g/mol. The first-order chi connectivity index (χ1) is 11.5. The number of carbonyl (C=O) groups excluding carboxylic acids is 1. The maximum atomic E-state index is 12.5. The number of terminal acetylenes is 1. The molecule has 1 N–H and O–H groups in total. The zero-order chi connectivity index (χ0) is 16.9. The summed E-state index contributed by atoms with van der Waals surface area (Å²) in [6, 6.07) is 4.97. The molecule has 0 aromatic heterocycles. The Morgan fingerprint density at radius 1 is 1.21 bits per heavy atom. The van der Waals surface area contributed by atoms with Gasteiger partial charge in [0, 0.05) is 25.1 Å². The fourth-order valence-electron chi connectivity index (χ4n) is 3.97. The second kappa shape index (κ2) is 5.24. The van der Waals surface area contributed by atoms with Gasteiger partial charge in [0.1, 0.15) is 0 Å². The standard InChI is InChI=1S/C20H19NO3/c1-2-15-17(22)12-13-3-4-14(19(23)24)11-16(13)18(15)21-9-7-20(5-6-20)8-10-21/h1,3-4,11H,5-10,12H2,(H,23,24). The largest absolute Gasteiger partial charge is 0.478 e. The van der Waals surface area contributed by atoms with E-state index in [2.05, 4.69) is 10.8 Å². The molecule has 2 aliphatic carbocycles. The third-order valence-electron chi connectivity index (χ3n) is 5.72. The van der Waals surface area contributed by atoms with Crippen LogP contribution in [0.5, 0.6) is 0 Å². The van der Waals surface area contributed by atoms with Gasteiger partial charge in [0.25, 0.3) is 0 Å². The summed E-state index contributed by atoms with van der Waals surface area (Å²) in [4.78, 5) is 26.0. The SMILES string of the molecule is C#CC1=C(N2CCC3(CC2)CC3)c2cc(C(=O)O)ccc2CC1=O. The summed E-state index contributed by atoms with van der Waals surface area (Å²) in [6.45, 7) is 1.76. The first kappa shape index (κ1) is 15.0. The number of rotatable bonds is 2. The highest BCUT2D eigenvalue weighted by molar-refractivity contribution is 6.10. The van der Waals surface area contributed by atoms with Crippen LogP contribution in [0.3, 0.4) is 0 Å². The molecule has 1 aliphatic heterocycles. The molecule has 3 aliphatic rings. The van der Waals surface area contributed by atoms with Crippen molar-refractivity contribution in [2.75, 3.05) is 13.1 Å². The summed E-state index contributed by atoms with van der Waals surface area (Å²) >= 11 is 0. The van der Waals surface area contributed by atoms with Crippen LogP contribution in [0.25, 0.3) is 5.70 Å². The molecule has 4 nitrogen and oxygen atoms in total. The van der Waals surface area contributed by atoms with Crippen molar-refractivity contribution in [3.05, 3.63) is 40.5 Å². The molecule has 1 spiro atoms. The van der Waals surface area contributed by atoms with Gasteiger partial charge in [0.2, 0.25) is 0 Å².